The molecule has 31 heavy (non-hydrogen) atoms. The van der Waals surface area contributed by atoms with E-state index >= 15 is 0 Å². The minimum Gasteiger partial charge on any atom is -0.497 e. The summed E-state index contributed by atoms with van der Waals surface area (Å²) in [6.45, 7) is 1.48. The Morgan fingerprint density at radius 3 is 2.42 bits per heavy atom. The van der Waals surface area contributed by atoms with Crippen LogP contribution in [-0.4, -0.2) is 48.3 Å². The third-order valence-corrected chi connectivity index (χ3v) is 6.61. The van der Waals surface area contributed by atoms with E-state index in [0.717, 1.165) is 23.5 Å². The second kappa shape index (κ2) is 8.17. The molecule has 2 aliphatic heterocycles. The lowest BCUT2D eigenvalue weighted by Gasteiger charge is -2.59. The highest BCUT2D eigenvalue weighted by molar-refractivity contribution is 6.07. The van der Waals surface area contributed by atoms with Crippen LogP contribution in [0.4, 0.5) is 5.69 Å². The highest BCUT2D eigenvalue weighted by atomic mass is 16.5. The number of para-hydroxylation sites is 1. The minimum absolute atomic E-state index is 0.0133. The largest absolute Gasteiger partial charge is 0.497 e. The number of anilines is 1. The van der Waals surface area contributed by atoms with E-state index < -0.39 is 0 Å². The van der Waals surface area contributed by atoms with Crippen molar-refractivity contribution in [3.05, 3.63) is 95.6 Å². The van der Waals surface area contributed by atoms with Gasteiger partial charge in [-0.1, -0.05) is 48.5 Å². The number of aliphatic hydroxyl groups is 1. The van der Waals surface area contributed by atoms with E-state index in [1.54, 1.807) is 7.11 Å². The topological polar surface area (TPSA) is 53.0 Å². The zero-order valence-electron chi connectivity index (χ0n) is 17.5. The van der Waals surface area contributed by atoms with Crippen molar-refractivity contribution < 1.29 is 14.6 Å². The number of hydrogen-bond donors (Lipinski definition) is 1. The van der Waals surface area contributed by atoms with Crippen molar-refractivity contribution in [3.8, 4) is 5.75 Å². The van der Waals surface area contributed by atoms with Gasteiger partial charge in [0.2, 0.25) is 0 Å². The lowest BCUT2D eigenvalue weighted by molar-refractivity contribution is -0.0488. The third-order valence-electron chi connectivity index (χ3n) is 6.61. The van der Waals surface area contributed by atoms with Gasteiger partial charge in [0, 0.05) is 42.3 Å². The van der Waals surface area contributed by atoms with E-state index in [9.17, 15) is 9.90 Å². The van der Waals surface area contributed by atoms with Gasteiger partial charge in [-0.3, -0.25) is 9.69 Å². The summed E-state index contributed by atoms with van der Waals surface area (Å²) < 4.78 is 5.23. The lowest BCUT2D eigenvalue weighted by atomic mass is 9.71. The quantitative estimate of drug-likeness (QED) is 0.692. The summed E-state index contributed by atoms with van der Waals surface area (Å²) in [6.07, 6.45) is 0. The summed E-state index contributed by atoms with van der Waals surface area (Å²) in [5.41, 5.74) is 3.94. The van der Waals surface area contributed by atoms with Gasteiger partial charge in [-0.25, -0.2) is 0 Å². The molecule has 0 saturated carbocycles. The summed E-state index contributed by atoms with van der Waals surface area (Å²) in [7, 11) is 1.62. The Morgan fingerprint density at radius 1 is 1.00 bits per heavy atom. The van der Waals surface area contributed by atoms with Gasteiger partial charge in [-0.05, 0) is 41.5 Å². The van der Waals surface area contributed by atoms with E-state index in [4.69, 9.17) is 4.74 Å². The van der Waals surface area contributed by atoms with Crippen LogP contribution in [0.5, 0.6) is 5.75 Å². The molecule has 0 aliphatic carbocycles. The molecule has 0 unspecified atom stereocenters. The Bertz CT molecular complexity index is 1070. The zero-order valence-corrected chi connectivity index (χ0v) is 17.5. The molecule has 0 spiro atoms. The summed E-state index contributed by atoms with van der Waals surface area (Å²) in [5.74, 6) is 0.944. The van der Waals surface area contributed by atoms with Crippen molar-refractivity contribution in [2.75, 3.05) is 25.2 Å². The number of methoxy groups -OCH3 is 1. The van der Waals surface area contributed by atoms with Crippen molar-refractivity contribution in [2.24, 2.45) is 0 Å². The maximum Gasteiger partial charge on any atom is 0.258 e. The van der Waals surface area contributed by atoms with Crippen LogP contribution in [0.1, 0.15) is 27.4 Å². The number of fused-ring (bicyclic) bond motifs is 3. The first-order valence-corrected chi connectivity index (χ1v) is 10.7. The Kier molecular flexibility index (Phi) is 5.22. The first kappa shape index (κ1) is 19.8. The first-order valence-electron chi connectivity index (χ1n) is 10.7. The summed E-state index contributed by atoms with van der Waals surface area (Å²) in [4.78, 5) is 17.7. The van der Waals surface area contributed by atoms with Crippen LogP contribution in [0.3, 0.4) is 0 Å². The molecule has 1 N–H and O–H groups in total. The van der Waals surface area contributed by atoms with Crippen molar-refractivity contribution in [3.63, 3.8) is 0 Å². The van der Waals surface area contributed by atoms with E-state index in [1.165, 1.54) is 5.56 Å². The molecule has 0 bridgehead atoms. The molecule has 1 fully saturated rings. The zero-order chi connectivity index (χ0) is 21.4. The van der Waals surface area contributed by atoms with Crippen LogP contribution in [0.25, 0.3) is 0 Å². The maximum absolute atomic E-state index is 13.5. The SMILES string of the molecule is COc1ccc(C(=O)N2C[C@@H]3[C@H](c4ccccc42)[C@@H](CO)N3Cc2ccccc2)cc1. The van der Waals surface area contributed by atoms with Gasteiger partial charge >= 0.3 is 0 Å². The van der Waals surface area contributed by atoms with Crippen LogP contribution < -0.4 is 9.64 Å². The van der Waals surface area contributed by atoms with E-state index in [2.05, 4.69) is 23.1 Å². The summed E-state index contributed by atoms with van der Waals surface area (Å²) in [6, 6.07) is 25.9. The number of likely N-dealkylation sites (tertiary alicyclic amines) is 1. The van der Waals surface area contributed by atoms with Crippen LogP contribution in [-0.2, 0) is 6.54 Å². The number of rotatable bonds is 5. The Morgan fingerprint density at radius 2 is 1.71 bits per heavy atom. The van der Waals surface area contributed by atoms with Crippen LogP contribution >= 0.6 is 0 Å². The van der Waals surface area contributed by atoms with E-state index in [0.29, 0.717) is 12.1 Å². The standard InChI is InChI=1S/C26H26N2O3/c1-31-20-13-11-19(12-14-20)26(30)28-16-23-25(21-9-5-6-10-22(21)28)24(17-29)27(23)15-18-7-3-2-4-8-18/h2-14,23-25,29H,15-17H2,1H3/t23-,24-,25+/m1/s1. The predicted molar refractivity (Wildman–Crippen MR) is 121 cm³/mol. The van der Waals surface area contributed by atoms with Crippen molar-refractivity contribution >= 4 is 11.6 Å². The van der Waals surface area contributed by atoms with Gasteiger partial charge in [0.25, 0.3) is 5.91 Å². The Labute approximate surface area is 182 Å². The molecule has 5 heteroatoms. The van der Waals surface area contributed by atoms with Crippen LogP contribution in [0.2, 0.25) is 0 Å². The normalized spacial score (nSPS) is 22.3. The molecule has 0 radical (unpaired) electrons. The Balaban J connectivity index is 1.47. The Hall–Kier alpha value is -3.15. The molecular formula is C26H26N2O3. The summed E-state index contributed by atoms with van der Waals surface area (Å²) >= 11 is 0. The molecule has 5 nitrogen and oxygen atoms in total. The van der Waals surface area contributed by atoms with Gasteiger partial charge in [0.1, 0.15) is 5.75 Å². The number of ether oxygens (including phenoxy) is 1. The van der Waals surface area contributed by atoms with Gasteiger partial charge in [-0.2, -0.15) is 0 Å². The van der Waals surface area contributed by atoms with Gasteiger partial charge < -0.3 is 14.7 Å². The third kappa shape index (κ3) is 3.40. The fourth-order valence-corrected chi connectivity index (χ4v) is 5.08. The molecule has 1 amide bonds. The van der Waals surface area contributed by atoms with Crippen molar-refractivity contribution in [2.45, 2.75) is 24.5 Å². The number of benzene rings is 3. The number of aliphatic hydroxyl groups excluding tert-OH is 1. The fraction of sp³-hybridized carbons (Fsp3) is 0.269. The van der Waals surface area contributed by atoms with Crippen molar-refractivity contribution in [1.29, 1.82) is 0 Å². The molecule has 0 aromatic heterocycles. The predicted octanol–water partition coefficient (Wildman–Crippen LogP) is 3.68. The molecule has 2 heterocycles. The molecule has 3 aromatic carbocycles. The first-order chi connectivity index (χ1) is 15.2. The second-order valence-corrected chi connectivity index (χ2v) is 8.20. The molecule has 1 saturated heterocycles. The van der Waals surface area contributed by atoms with Crippen molar-refractivity contribution in [1.82, 2.24) is 4.90 Å². The van der Waals surface area contributed by atoms with Gasteiger partial charge in [0.15, 0.2) is 0 Å². The highest BCUT2D eigenvalue weighted by Crippen LogP contribution is 2.48. The van der Waals surface area contributed by atoms with Crippen LogP contribution in [0.15, 0.2) is 78.9 Å². The monoisotopic (exact) mass is 414 g/mol. The second-order valence-electron chi connectivity index (χ2n) is 8.20. The molecule has 3 atom stereocenters. The fourth-order valence-electron chi connectivity index (χ4n) is 5.08. The van der Waals surface area contributed by atoms with Crippen LogP contribution in [0, 0.1) is 0 Å². The molecule has 2 aliphatic rings. The molecule has 5 rings (SSSR count). The van der Waals surface area contributed by atoms with E-state index in [1.807, 2.05) is 65.6 Å². The molecule has 3 aromatic rings. The summed E-state index contributed by atoms with van der Waals surface area (Å²) in [5, 5.41) is 10.2. The average Bonchev–Trinajstić information content (AvgIpc) is 2.83. The smallest absolute Gasteiger partial charge is 0.258 e. The van der Waals surface area contributed by atoms with E-state index in [-0.39, 0.29) is 30.5 Å². The van der Waals surface area contributed by atoms with Gasteiger partial charge in [0.05, 0.1) is 13.7 Å². The maximum atomic E-state index is 13.5. The number of nitrogens with zero attached hydrogens (tertiary/aromatic N) is 2. The number of carbonyl (C=O) groups excluding carboxylic acids is 1. The number of amides is 1. The lowest BCUT2D eigenvalue weighted by Crippen LogP contribution is -2.68. The molecule has 158 valence electrons. The minimum atomic E-state index is -0.0133. The van der Waals surface area contributed by atoms with Gasteiger partial charge in [-0.15, -0.1) is 0 Å². The number of hydrogen-bond acceptors (Lipinski definition) is 4. The number of carbonyl (C=O) groups is 1. The average molecular weight is 415 g/mol. The molecular weight excluding hydrogens is 388 g/mol. The highest BCUT2D eigenvalue weighted by Gasteiger charge is 2.53.